The van der Waals surface area contributed by atoms with Crippen molar-refractivity contribution >= 4 is 0 Å². The number of nitrogens with zero attached hydrogens (tertiary/aromatic N) is 2. The Balaban J connectivity index is 2.19. The van der Waals surface area contributed by atoms with Gasteiger partial charge in [-0.25, -0.2) is 9.37 Å². The van der Waals surface area contributed by atoms with Crippen LogP contribution >= 0.6 is 0 Å². The van der Waals surface area contributed by atoms with Crippen molar-refractivity contribution in [1.29, 1.82) is 0 Å². The van der Waals surface area contributed by atoms with E-state index in [2.05, 4.69) is 17.2 Å². The summed E-state index contributed by atoms with van der Waals surface area (Å²) in [7, 11) is 1.97. The van der Waals surface area contributed by atoms with Gasteiger partial charge in [0.05, 0.1) is 18.1 Å². The van der Waals surface area contributed by atoms with Crippen LogP contribution in [0.2, 0.25) is 0 Å². The minimum atomic E-state index is -0.187. The van der Waals surface area contributed by atoms with E-state index >= 15 is 0 Å². The second kappa shape index (κ2) is 5.78. The van der Waals surface area contributed by atoms with Crippen molar-refractivity contribution in [3.05, 3.63) is 53.9 Å². The second-order valence-corrected chi connectivity index (χ2v) is 4.37. The van der Waals surface area contributed by atoms with E-state index in [1.807, 2.05) is 23.9 Å². The van der Waals surface area contributed by atoms with Crippen LogP contribution in [0.15, 0.2) is 36.8 Å². The van der Waals surface area contributed by atoms with Crippen LogP contribution in [0, 0.1) is 5.82 Å². The standard InChI is InChI=1S/C14H18FN3/c1-3-17-13(14-9-16-10-18(14)2)8-11-5-4-6-12(15)7-11/h4-7,9-10,13,17H,3,8H2,1-2H3. The van der Waals surface area contributed by atoms with Gasteiger partial charge in [-0.2, -0.15) is 0 Å². The highest BCUT2D eigenvalue weighted by Gasteiger charge is 2.14. The van der Waals surface area contributed by atoms with Gasteiger partial charge >= 0.3 is 0 Å². The summed E-state index contributed by atoms with van der Waals surface area (Å²) in [6, 6.07) is 6.90. The van der Waals surface area contributed by atoms with Gasteiger partial charge in [-0.05, 0) is 30.7 Å². The number of hydrogen-bond donors (Lipinski definition) is 1. The third kappa shape index (κ3) is 2.96. The van der Waals surface area contributed by atoms with Crippen LogP contribution in [0.25, 0.3) is 0 Å². The molecular formula is C14H18FN3. The Kier molecular flexibility index (Phi) is 4.10. The molecule has 2 aromatic rings. The summed E-state index contributed by atoms with van der Waals surface area (Å²) in [5.41, 5.74) is 2.10. The summed E-state index contributed by atoms with van der Waals surface area (Å²) >= 11 is 0. The summed E-state index contributed by atoms with van der Waals surface area (Å²) in [6.07, 6.45) is 4.39. The van der Waals surface area contributed by atoms with Crippen molar-refractivity contribution in [3.8, 4) is 0 Å². The molecule has 1 aromatic heterocycles. The van der Waals surface area contributed by atoms with Crippen LogP contribution < -0.4 is 5.32 Å². The average molecular weight is 247 g/mol. The summed E-state index contributed by atoms with van der Waals surface area (Å²) in [6.45, 7) is 2.93. The number of likely N-dealkylation sites (N-methyl/N-ethyl adjacent to an activating group) is 1. The molecule has 0 amide bonds. The third-order valence-electron chi connectivity index (χ3n) is 2.99. The van der Waals surface area contributed by atoms with Crippen LogP contribution in [0.1, 0.15) is 24.2 Å². The van der Waals surface area contributed by atoms with Gasteiger partial charge < -0.3 is 9.88 Å². The molecule has 0 aliphatic carbocycles. The highest BCUT2D eigenvalue weighted by atomic mass is 19.1. The number of aromatic nitrogens is 2. The number of benzene rings is 1. The largest absolute Gasteiger partial charge is 0.336 e. The molecule has 0 saturated carbocycles. The lowest BCUT2D eigenvalue weighted by Gasteiger charge is -2.18. The first-order chi connectivity index (χ1) is 8.70. The highest BCUT2D eigenvalue weighted by molar-refractivity contribution is 5.20. The molecule has 0 saturated heterocycles. The molecule has 96 valence electrons. The fraction of sp³-hybridized carbons (Fsp3) is 0.357. The first-order valence-electron chi connectivity index (χ1n) is 6.14. The SMILES string of the molecule is CCNC(Cc1cccc(F)c1)c1cncn1C. The smallest absolute Gasteiger partial charge is 0.123 e. The van der Waals surface area contributed by atoms with Crippen LogP contribution in [0.5, 0.6) is 0 Å². The normalized spacial score (nSPS) is 12.6. The maximum absolute atomic E-state index is 13.2. The zero-order valence-corrected chi connectivity index (χ0v) is 10.7. The maximum atomic E-state index is 13.2. The van der Waals surface area contributed by atoms with E-state index in [0.717, 1.165) is 24.2 Å². The van der Waals surface area contributed by atoms with E-state index in [1.165, 1.54) is 6.07 Å². The number of hydrogen-bond acceptors (Lipinski definition) is 2. The van der Waals surface area contributed by atoms with Gasteiger partial charge in [0.2, 0.25) is 0 Å². The first kappa shape index (κ1) is 12.8. The molecule has 3 nitrogen and oxygen atoms in total. The number of imidazole rings is 1. The quantitative estimate of drug-likeness (QED) is 0.879. The Morgan fingerprint density at radius 1 is 1.44 bits per heavy atom. The van der Waals surface area contributed by atoms with Gasteiger partial charge in [0.15, 0.2) is 0 Å². The minimum absolute atomic E-state index is 0.157. The summed E-state index contributed by atoms with van der Waals surface area (Å²) in [5.74, 6) is -0.187. The highest BCUT2D eigenvalue weighted by Crippen LogP contribution is 2.18. The molecule has 1 unspecified atom stereocenters. The van der Waals surface area contributed by atoms with E-state index in [0.29, 0.717) is 0 Å². The zero-order valence-electron chi connectivity index (χ0n) is 10.7. The lowest BCUT2D eigenvalue weighted by molar-refractivity contribution is 0.519. The fourth-order valence-electron chi connectivity index (χ4n) is 2.13. The molecule has 2 rings (SSSR count). The molecule has 1 atom stereocenters. The van der Waals surface area contributed by atoms with Crippen LogP contribution in [0.4, 0.5) is 4.39 Å². The molecule has 0 fully saturated rings. The zero-order chi connectivity index (χ0) is 13.0. The van der Waals surface area contributed by atoms with Crippen molar-refractivity contribution in [2.45, 2.75) is 19.4 Å². The van der Waals surface area contributed by atoms with E-state index in [-0.39, 0.29) is 11.9 Å². The van der Waals surface area contributed by atoms with Gasteiger partial charge in [-0.3, -0.25) is 0 Å². The lowest BCUT2D eigenvalue weighted by atomic mass is 10.0. The molecule has 0 bridgehead atoms. The molecule has 0 spiro atoms. The monoisotopic (exact) mass is 247 g/mol. The Hall–Kier alpha value is -1.68. The number of rotatable bonds is 5. The molecule has 4 heteroatoms. The predicted molar refractivity (Wildman–Crippen MR) is 69.7 cm³/mol. The van der Waals surface area contributed by atoms with Crippen LogP contribution in [0.3, 0.4) is 0 Å². The van der Waals surface area contributed by atoms with Gasteiger partial charge in [0, 0.05) is 13.2 Å². The second-order valence-electron chi connectivity index (χ2n) is 4.37. The summed E-state index contributed by atoms with van der Waals surface area (Å²) in [5, 5.41) is 3.41. The van der Waals surface area contributed by atoms with Gasteiger partial charge in [0.1, 0.15) is 5.82 Å². The Bertz CT molecular complexity index is 507. The summed E-state index contributed by atoms with van der Waals surface area (Å²) < 4.78 is 15.2. The number of aryl methyl sites for hydroxylation is 1. The predicted octanol–water partition coefficient (Wildman–Crippen LogP) is 2.45. The van der Waals surface area contributed by atoms with Crippen molar-refractivity contribution in [2.24, 2.45) is 7.05 Å². The molecule has 18 heavy (non-hydrogen) atoms. The van der Waals surface area contributed by atoms with Gasteiger partial charge in [0.25, 0.3) is 0 Å². The average Bonchev–Trinajstić information content (AvgIpc) is 2.75. The Labute approximate surface area is 107 Å². The molecule has 1 N–H and O–H groups in total. The number of nitrogens with one attached hydrogen (secondary N) is 1. The third-order valence-corrected chi connectivity index (χ3v) is 2.99. The topological polar surface area (TPSA) is 29.9 Å². The Morgan fingerprint density at radius 3 is 2.89 bits per heavy atom. The molecule has 1 aromatic carbocycles. The summed E-state index contributed by atoms with van der Waals surface area (Å²) in [4.78, 5) is 4.13. The molecule has 0 radical (unpaired) electrons. The van der Waals surface area contributed by atoms with Gasteiger partial charge in [-0.1, -0.05) is 19.1 Å². The Morgan fingerprint density at radius 2 is 2.28 bits per heavy atom. The van der Waals surface area contributed by atoms with Crippen LogP contribution in [-0.4, -0.2) is 16.1 Å². The minimum Gasteiger partial charge on any atom is -0.336 e. The van der Waals surface area contributed by atoms with Crippen LogP contribution in [-0.2, 0) is 13.5 Å². The van der Waals surface area contributed by atoms with Crippen molar-refractivity contribution < 1.29 is 4.39 Å². The molecule has 0 aliphatic heterocycles. The molecule has 0 aliphatic rings. The lowest BCUT2D eigenvalue weighted by Crippen LogP contribution is -2.24. The molecular weight excluding hydrogens is 229 g/mol. The fourth-order valence-corrected chi connectivity index (χ4v) is 2.13. The first-order valence-corrected chi connectivity index (χ1v) is 6.14. The molecule has 1 heterocycles. The maximum Gasteiger partial charge on any atom is 0.123 e. The van der Waals surface area contributed by atoms with E-state index in [4.69, 9.17) is 0 Å². The van der Waals surface area contributed by atoms with E-state index in [9.17, 15) is 4.39 Å². The van der Waals surface area contributed by atoms with E-state index in [1.54, 1.807) is 18.5 Å². The van der Waals surface area contributed by atoms with Crippen molar-refractivity contribution in [3.63, 3.8) is 0 Å². The van der Waals surface area contributed by atoms with E-state index < -0.39 is 0 Å². The number of halogens is 1. The van der Waals surface area contributed by atoms with Gasteiger partial charge in [-0.15, -0.1) is 0 Å². The van der Waals surface area contributed by atoms with Crippen molar-refractivity contribution in [2.75, 3.05) is 6.54 Å². The van der Waals surface area contributed by atoms with Crippen molar-refractivity contribution in [1.82, 2.24) is 14.9 Å².